The zero-order chi connectivity index (χ0) is 21.1. The van der Waals surface area contributed by atoms with Gasteiger partial charge in [0.25, 0.3) is 0 Å². The second-order valence-electron chi connectivity index (χ2n) is 8.51. The minimum absolute atomic E-state index is 0.0343. The van der Waals surface area contributed by atoms with Crippen LogP contribution in [0.4, 0.5) is 5.69 Å². The lowest BCUT2D eigenvalue weighted by atomic mass is 9.97. The van der Waals surface area contributed by atoms with Crippen molar-refractivity contribution in [3.8, 4) is 11.1 Å². The minimum atomic E-state index is -0.0343. The van der Waals surface area contributed by atoms with Crippen LogP contribution in [0.5, 0.6) is 0 Å². The SMILES string of the molecule is Cc1cc(-c2ccc(N3C[C@@H](C)O[C@@H](C)C3)cc2CNC(=O)C(C)C)cc(C)n1. The standard InChI is InChI=1S/C24H33N3O2/c1-15(2)24(28)25-12-21-11-22(27-13-18(5)29-19(6)14-27)7-8-23(21)20-9-16(3)26-17(4)10-20/h7-11,15,18-19H,12-14H2,1-6H3,(H,25,28)/t18-,19+. The Morgan fingerprint density at radius 3 is 2.34 bits per heavy atom. The summed E-state index contributed by atoms with van der Waals surface area (Å²) >= 11 is 0. The fraction of sp³-hybridized carbons (Fsp3) is 0.500. The first kappa shape index (κ1) is 21.3. The molecular weight excluding hydrogens is 362 g/mol. The molecule has 5 nitrogen and oxygen atoms in total. The lowest BCUT2D eigenvalue weighted by molar-refractivity contribution is -0.124. The van der Waals surface area contributed by atoms with Gasteiger partial charge in [-0.25, -0.2) is 0 Å². The maximum Gasteiger partial charge on any atom is 0.222 e. The van der Waals surface area contributed by atoms with E-state index in [-0.39, 0.29) is 24.0 Å². The highest BCUT2D eigenvalue weighted by Gasteiger charge is 2.23. The van der Waals surface area contributed by atoms with Gasteiger partial charge < -0.3 is 15.0 Å². The average Bonchev–Trinajstić information content (AvgIpc) is 2.64. The van der Waals surface area contributed by atoms with E-state index in [0.29, 0.717) is 6.54 Å². The van der Waals surface area contributed by atoms with E-state index in [9.17, 15) is 4.79 Å². The van der Waals surface area contributed by atoms with Crippen molar-refractivity contribution in [2.75, 3.05) is 18.0 Å². The number of rotatable bonds is 5. The number of carbonyl (C=O) groups excluding carboxylic acids is 1. The third kappa shape index (κ3) is 5.36. The molecule has 1 aromatic carbocycles. The molecule has 3 rings (SSSR count). The van der Waals surface area contributed by atoms with Gasteiger partial charge in [-0.1, -0.05) is 19.9 Å². The van der Waals surface area contributed by atoms with Crippen LogP contribution in [0.3, 0.4) is 0 Å². The summed E-state index contributed by atoms with van der Waals surface area (Å²) in [6, 6.07) is 10.8. The van der Waals surface area contributed by atoms with E-state index < -0.39 is 0 Å². The largest absolute Gasteiger partial charge is 0.372 e. The van der Waals surface area contributed by atoms with Crippen LogP contribution in [0.25, 0.3) is 11.1 Å². The highest BCUT2D eigenvalue weighted by molar-refractivity contribution is 5.78. The topological polar surface area (TPSA) is 54.5 Å². The van der Waals surface area contributed by atoms with Crippen LogP contribution in [0.2, 0.25) is 0 Å². The number of morpholine rings is 1. The number of hydrogen-bond acceptors (Lipinski definition) is 4. The Bertz CT molecular complexity index is 848. The summed E-state index contributed by atoms with van der Waals surface area (Å²) in [4.78, 5) is 19.1. The molecule has 0 unspecified atom stereocenters. The maximum absolute atomic E-state index is 12.2. The molecule has 2 heterocycles. The summed E-state index contributed by atoms with van der Waals surface area (Å²) in [7, 11) is 0. The Hall–Kier alpha value is -2.40. The van der Waals surface area contributed by atoms with Crippen molar-refractivity contribution in [3.05, 3.63) is 47.3 Å². The van der Waals surface area contributed by atoms with E-state index in [1.54, 1.807) is 0 Å². The molecule has 0 saturated carbocycles. The van der Waals surface area contributed by atoms with Crippen LogP contribution >= 0.6 is 0 Å². The zero-order valence-corrected chi connectivity index (χ0v) is 18.5. The van der Waals surface area contributed by atoms with Gasteiger partial charge in [0.05, 0.1) is 12.2 Å². The first-order valence-corrected chi connectivity index (χ1v) is 10.5. The van der Waals surface area contributed by atoms with E-state index in [1.807, 2.05) is 27.7 Å². The molecule has 0 bridgehead atoms. The highest BCUT2D eigenvalue weighted by Crippen LogP contribution is 2.30. The first-order chi connectivity index (χ1) is 13.7. The third-order valence-corrected chi connectivity index (χ3v) is 5.24. The van der Waals surface area contributed by atoms with Gasteiger partial charge in [-0.2, -0.15) is 0 Å². The molecular formula is C24H33N3O2. The number of nitrogens with one attached hydrogen (secondary N) is 1. The van der Waals surface area contributed by atoms with Crippen molar-refractivity contribution in [1.82, 2.24) is 10.3 Å². The second-order valence-corrected chi connectivity index (χ2v) is 8.51. The van der Waals surface area contributed by atoms with Crippen LogP contribution < -0.4 is 10.2 Å². The van der Waals surface area contributed by atoms with Crippen molar-refractivity contribution < 1.29 is 9.53 Å². The van der Waals surface area contributed by atoms with Gasteiger partial charge in [0.15, 0.2) is 0 Å². The average molecular weight is 396 g/mol. The Labute approximate surface area is 174 Å². The summed E-state index contributed by atoms with van der Waals surface area (Å²) in [5, 5.41) is 3.09. The lowest BCUT2D eigenvalue weighted by Crippen LogP contribution is -2.45. The lowest BCUT2D eigenvalue weighted by Gasteiger charge is -2.37. The van der Waals surface area contributed by atoms with Gasteiger partial charge in [-0.05, 0) is 68.7 Å². The Kier molecular flexibility index (Phi) is 6.58. The van der Waals surface area contributed by atoms with Crippen molar-refractivity contribution in [1.29, 1.82) is 0 Å². The number of carbonyl (C=O) groups is 1. The van der Waals surface area contributed by atoms with Crippen LogP contribution in [0, 0.1) is 19.8 Å². The number of aromatic nitrogens is 1. The molecule has 0 spiro atoms. The second kappa shape index (κ2) is 8.95. The molecule has 2 aromatic rings. The Morgan fingerprint density at radius 2 is 1.76 bits per heavy atom. The molecule has 1 aromatic heterocycles. The number of ether oxygens (including phenoxy) is 1. The molecule has 2 atom stereocenters. The third-order valence-electron chi connectivity index (χ3n) is 5.24. The van der Waals surface area contributed by atoms with Crippen LogP contribution in [0.1, 0.15) is 44.6 Å². The molecule has 0 radical (unpaired) electrons. The number of nitrogens with zero attached hydrogens (tertiary/aromatic N) is 2. The molecule has 29 heavy (non-hydrogen) atoms. The number of benzene rings is 1. The van der Waals surface area contributed by atoms with Crippen molar-refractivity contribution in [2.45, 2.75) is 60.3 Å². The molecule has 1 aliphatic heterocycles. The molecule has 1 saturated heterocycles. The van der Waals surface area contributed by atoms with Gasteiger partial charge in [0, 0.05) is 42.6 Å². The van der Waals surface area contributed by atoms with Gasteiger partial charge in [0.1, 0.15) is 0 Å². The van der Waals surface area contributed by atoms with E-state index in [0.717, 1.165) is 41.2 Å². The molecule has 1 N–H and O–H groups in total. The molecule has 1 aliphatic rings. The molecule has 0 aliphatic carbocycles. The van der Waals surface area contributed by atoms with Crippen LogP contribution in [0.15, 0.2) is 30.3 Å². The number of anilines is 1. The number of pyridine rings is 1. The maximum atomic E-state index is 12.2. The molecule has 156 valence electrons. The molecule has 1 fully saturated rings. The molecule has 1 amide bonds. The van der Waals surface area contributed by atoms with Crippen molar-refractivity contribution >= 4 is 11.6 Å². The Morgan fingerprint density at radius 1 is 1.14 bits per heavy atom. The summed E-state index contributed by atoms with van der Waals surface area (Å²) in [5.74, 6) is 0.0325. The fourth-order valence-electron chi connectivity index (χ4n) is 3.97. The smallest absolute Gasteiger partial charge is 0.222 e. The zero-order valence-electron chi connectivity index (χ0n) is 18.5. The van der Waals surface area contributed by atoms with Crippen molar-refractivity contribution in [2.24, 2.45) is 5.92 Å². The summed E-state index contributed by atoms with van der Waals surface area (Å²) in [6.07, 6.45) is 0.404. The van der Waals surface area contributed by atoms with Crippen LogP contribution in [-0.4, -0.2) is 36.2 Å². The first-order valence-electron chi connectivity index (χ1n) is 10.5. The van der Waals surface area contributed by atoms with Crippen LogP contribution in [-0.2, 0) is 16.1 Å². The summed E-state index contributed by atoms with van der Waals surface area (Å²) in [5.41, 5.74) is 6.56. The van der Waals surface area contributed by atoms with Gasteiger partial charge in [-0.3, -0.25) is 9.78 Å². The monoisotopic (exact) mass is 395 g/mol. The Balaban J connectivity index is 1.97. The van der Waals surface area contributed by atoms with E-state index in [2.05, 4.69) is 59.4 Å². The van der Waals surface area contributed by atoms with Crippen molar-refractivity contribution in [3.63, 3.8) is 0 Å². The van der Waals surface area contributed by atoms with E-state index >= 15 is 0 Å². The normalized spacial score (nSPS) is 19.5. The van der Waals surface area contributed by atoms with Gasteiger partial charge in [0.2, 0.25) is 5.91 Å². The molecule has 5 heteroatoms. The predicted molar refractivity (Wildman–Crippen MR) is 118 cm³/mol. The number of aryl methyl sites for hydroxylation is 2. The summed E-state index contributed by atoms with van der Waals surface area (Å²) < 4.78 is 5.89. The number of amides is 1. The summed E-state index contributed by atoms with van der Waals surface area (Å²) in [6.45, 7) is 14.3. The highest BCUT2D eigenvalue weighted by atomic mass is 16.5. The van der Waals surface area contributed by atoms with E-state index in [1.165, 1.54) is 5.69 Å². The van der Waals surface area contributed by atoms with Gasteiger partial charge in [-0.15, -0.1) is 0 Å². The minimum Gasteiger partial charge on any atom is -0.372 e. The quantitative estimate of drug-likeness (QED) is 0.822. The van der Waals surface area contributed by atoms with Gasteiger partial charge >= 0.3 is 0 Å². The number of hydrogen-bond donors (Lipinski definition) is 1. The predicted octanol–water partition coefficient (Wildman–Crippen LogP) is 4.25. The van der Waals surface area contributed by atoms with E-state index in [4.69, 9.17) is 4.74 Å². The fourth-order valence-corrected chi connectivity index (χ4v) is 3.97.